The van der Waals surface area contributed by atoms with Crippen LogP contribution in [0.2, 0.25) is 0 Å². The Kier molecular flexibility index (Phi) is 1.71. The summed E-state index contributed by atoms with van der Waals surface area (Å²) in [6.45, 7) is 3.06. The number of phenols is 1. The van der Waals surface area contributed by atoms with Gasteiger partial charge in [-0.3, -0.25) is 0 Å². The highest BCUT2D eigenvalue weighted by Gasteiger charge is 2.00. The molecule has 0 unspecified atom stereocenters. The highest BCUT2D eigenvalue weighted by atomic mass is 19.1. The summed E-state index contributed by atoms with van der Waals surface area (Å²) < 4.78 is 12.3. The third-order valence-electron chi connectivity index (χ3n) is 1.20. The molecule has 0 bridgehead atoms. The molecule has 1 aromatic carbocycles. The summed E-state index contributed by atoms with van der Waals surface area (Å²) in [5.74, 6) is -0.687. The molecular weight excluding hydrogens is 131 g/mol. The highest BCUT2D eigenvalue weighted by molar-refractivity contribution is 5.62. The number of hydrogen-bond acceptors (Lipinski definition) is 1. The average Bonchev–Trinajstić information content (AvgIpc) is 1.88. The van der Waals surface area contributed by atoms with E-state index in [4.69, 9.17) is 5.11 Å². The number of rotatable bonds is 1. The van der Waals surface area contributed by atoms with Crippen molar-refractivity contribution in [3.05, 3.63) is 36.4 Å². The molecule has 0 aliphatic rings. The first-order valence-corrected chi connectivity index (χ1v) is 2.84. The lowest BCUT2D eigenvalue weighted by Gasteiger charge is -1.97. The van der Waals surface area contributed by atoms with Gasteiger partial charge in [0.25, 0.3) is 0 Å². The van der Waals surface area contributed by atoms with E-state index < -0.39 is 5.83 Å². The molecule has 1 N–H and O–H groups in total. The summed E-state index contributed by atoms with van der Waals surface area (Å²) in [7, 11) is 0. The van der Waals surface area contributed by atoms with Crippen molar-refractivity contribution in [3.63, 3.8) is 0 Å². The molecule has 1 aromatic rings. The Bertz CT molecular complexity index is 255. The molecule has 1 nitrogen and oxygen atoms in total. The number of phenolic OH excluding ortho intramolecular Hbond substituents is 1. The minimum Gasteiger partial charge on any atom is -0.507 e. The Morgan fingerprint density at radius 1 is 1.40 bits per heavy atom. The molecule has 0 spiro atoms. The van der Waals surface area contributed by atoms with Gasteiger partial charge in [0.15, 0.2) is 0 Å². The Morgan fingerprint density at radius 2 is 2.00 bits per heavy atom. The molecule has 1 rings (SSSR count). The van der Waals surface area contributed by atoms with Gasteiger partial charge in [-0.05, 0) is 12.1 Å². The van der Waals surface area contributed by atoms with Gasteiger partial charge in [0.2, 0.25) is 0 Å². The predicted molar refractivity (Wildman–Crippen MR) is 38.2 cm³/mol. The fourth-order valence-corrected chi connectivity index (χ4v) is 0.703. The summed E-state index contributed by atoms with van der Waals surface area (Å²) in [6, 6.07) is 6.15. The van der Waals surface area contributed by atoms with E-state index in [2.05, 4.69) is 6.58 Å². The standard InChI is InChI=1S/C8H7FO/c1-6(9)7-4-2-3-5-8(7)10/h2-5,10H,1H2. The van der Waals surface area contributed by atoms with Crippen molar-refractivity contribution in [1.82, 2.24) is 0 Å². The Labute approximate surface area is 58.4 Å². The van der Waals surface area contributed by atoms with Crippen molar-refractivity contribution in [2.75, 3.05) is 0 Å². The van der Waals surface area contributed by atoms with Crippen LogP contribution >= 0.6 is 0 Å². The van der Waals surface area contributed by atoms with Crippen LogP contribution in [0.25, 0.3) is 5.83 Å². The predicted octanol–water partition coefficient (Wildman–Crippen LogP) is 2.33. The number of para-hydroxylation sites is 1. The fraction of sp³-hybridized carbons (Fsp3) is 0. The summed E-state index contributed by atoms with van der Waals surface area (Å²) in [5, 5.41) is 8.98. The highest BCUT2D eigenvalue weighted by Crippen LogP contribution is 2.23. The first-order valence-electron chi connectivity index (χ1n) is 2.84. The number of halogens is 1. The van der Waals surface area contributed by atoms with Gasteiger partial charge in [0.1, 0.15) is 11.6 Å². The third kappa shape index (κ3) is 1.16. The molecule has 0 aromatic heterocycles. The van der Waals surface area contributed by atoms with Crippen molar-refractivity contribution >= 4 is 5.83 Å². The van der Waals surface area contributed by atoms with Gasteiger partial charge < -0.3 is 5.11 Å². The van der Waals surface area contributed by atoms with Crippen molar-refractivity contribution in [1.29, 1.82) is 0 Å². The van der Waals surface area contributed by atoms with E-state index in [0.29, 0.717) is 0 Å². The van der Waals surface area contributed by atoms with E-state index in [0.717, 1.165) is 0 Å². The Hall–Kier alpha value is -1.31. The molecular formula is C8H7FO. The van der Waals surface area contributed by atoms with E-state index >= 15 is 0 Å². The number of aromatic hydroxyl groups is 1. The quantitative estimate of drug-likeness (QED) is 0.631. The van der Waals surface area contributed by atoms with Gasteiger partial charge in [-0.1, -0.05) is 18.7 Å². The lowest BCUT2D eigenvalue weighted by Crippen LogP contribution is -1.75. The molecule has 0 heterocycles. The smallest absolute Gasteiger partial charge is 0.126 e. The van der Waals surface area contributed by atoms with Crippen LogP contribution in [0.4, 0.5) is 4.39 Å². The summed E-state index contributed by atoms with van der Waals surface area (Å²) in [5.41, 5.74) is 0.155. The minimum atomic E-state index is -0.613. The molecule has 0 aliphatic heterocycles. The molecule has 0 saturated carbocycles. The second-order valence-corrected chi connectivity index (χ2v) is 1.92. The topological polar surface area (TPSA) is 20.2 Å². The van der Waals surface area contributed by atoms with Crippen molar-refractivity contribution in [3.8, 4) is 5.75 Å². The molecule has 0 aliphatic carbocycles. The monoisotopic (exact) mass is 138 g/mol. The maximum absolute atomic E-state index is 12.3. The van der Waals surface area contributed by atoms with Crippen molar-refractivity contribution in [2.24, 2.45) is 0 Å². The molecule has 2 heteroatoms. The second kappa shape index (κ2) is 2.52. The number of benzene rings is 1. The number of hydrogen-bond donors (Lipinski definition) is 1. The summed E-state index contributed by atoms with van der Waals surface area (Å²) in [6.07, 6.45) is 0. The largest absolute Gasteiger partial charge is 0.507 e. The molecule has 0 radical (unpaired) electrons. The van der Waals surface area contributed by atoms with Gasteiger partial charge in [0.05, 0.1) is 5.56 Å². The van der Waals surface area contributed by atoms with Crippen LogP contribution in [-0.2, 0) is 0 Å². The molecule has 0 fully saturated rings. The lowest BCUT2D eigenvalue weighted by molar-refractivity contribution is 0.471. The maximum Gasteiger partial charge on any atom is 0.126 e. The SMILES string of the molecule is C=C(F)c1ccccc1O. The van der Waals surface area contributed by atoms with Crippen LogP contribution in [0.1, 0.15) is 5.56 Å². The van der Waals surface area contributed by atoms with Crippen molar-refractivity contribution in [2.45, 2.75) is 0 Å². The van der Waals surface area contributed by atoms with Gasteiger partial charge >= 0.3 is 0 Å². The first-order chi connectivity index (χ1) is 4.72. The minimum absolute atomic E-state index is 0.0741. The normalized spacial score (nSPS) is 9.30. The third-order valence-corrected chi connectivity index (χ3v) is 1.20. The lowest BCUT2D eigenvalue weighted by atomic mass is 10.2. The van der Waals surface area contributed by atoms with Gasteiger partial charge in [-0.2, -0.15) is 0 Å². The summed E-state index contributed by atoms with van der Waals surface area (Å²) in [4.78, 5) is 0. The average molecular weight is 138 g/mol. The first kappa shape index (κ1) is 6.81. The van der Waals surface area contributed by atoms with Gasteiger partial charge in [-0.25, -0.2) is 4.39 Å². The van der Waals surface area contributed by atoms with Crippen LogP contribution in [0, 0.1) is 0 Å². The van der Waals surface area contributed by atoms with Crippen LogP contribution < -0.4 is 0 Å². The fourth-order valence-electron chi connectivity index (χ4n) is 0.703. The zero-order valence-electron chi connectivity index (χ0n) is 5.34. The van der Waals surface area contributed by atoms with E-state index in [9.17, 15) is 4.39 Å². The second-order valence-electron chi connectivity index (χ2n) is 1.92. The van der Waals surface area contributed by atoms with Crippen LogP contribution in [0.3, 0.4) is 0 Å². The zero-order chi connectivity index (χ0) is 7.56. The van der Waals surface area contributed by atoms with Crippen molar-refractivity contribution < 1.29 is 9.50 Å². The van der Waals surface area contributed by atoms with E-state index in [1.54, 1.807) is 12.1 Å². The zero-order valence-corrected chi connectivity index (χ0v) is 5.34. The van der Waals surface area contributed by atoms with Gasteiger partial charge in [0, 0.05) is 0 Å². The molecule has 0 atom stereocenters. The Balaban J connectivity index is 3.15. The van der Waals surface area contributed by atoms with Crippen LogP contribution in [-0.4, -0.2) is 5.11 Å². The van der Waals surface area contributed by atoms with Gasteiger partial charge in [-0.15, -0.1) is 0 Å². The maximum atomic E-state index is 12.3. The van der Waals surface area contributed by atoms with Crippen LogP contribution in [0.15, 0.2) is 30.8 Å². The molecule has 52 valence electrons. The van der Waals surface area contributed by atoms with Crippen LogP contribution in [0.5, 0.6) is 5.75 Å². The summed E-state index contributed by atoms with van der Waals surface area (Å²) >= 11 is 0. The van der Waals surface area contributed by atoms with E-state index in [1.165, 1.54) is 12.1 Å². The van der Waals surface area contributed by atoms with E-state index in [1.807, 2.05) is 0 Å². The Morgan fingerprint density at radius 3 is 2.40 bits per heavy atom. The van der Waals surface area contributed by atoms with E-state index in [-0.39, 0.29) is 11.3 Å². The molecule has 0 saturated heterocycles. The molecule has 10 heavy (non-hydrogen) atoms. The molecule has 0 amide bonds.